The van der Waals surface area contributed by atoms with Crippen molar-refractivity contribution >= 4 is 11.6 Å². The highest BCUT2D eigenvalue weighted by molar-refractivity contribution is 5.47. The Balaban J connectivity index is 2.22. The monoisotopic (exact) mass is 208 g/mol. The van der Waals surface area contributed by atoms with Crippen molar-refractivity contribution < 1.29 is 4.74 Å². The Labute approximate surface area is 89.3 Å². The number of ether oxygens (including phenoxy) is 1. The van der Waals surface area contributed by atoms with Crippen molar-refractivity contribution in [3.05, 3.63) is 11.9 Å². The molecule has 0 aliphatic carbocycles. The van der Waals surface area contributed by atoms with E-state index in [2.05, 4.69) is 14.9 Å². The van der Waals surface area contributed by atoms with Crippen molar-refractivity contribution in [1.82, 2.24) is 9.97 Å². The summed E-state index contributed by atoms with van der Waals surface area (Å²) in [4.78, 5) is 10.8. The van der Waals surface area contributed by atoms with E-state index in [-0.39, 0.29) is 0 Å². The summed E-state index contributed by atoms with van der Waals surface area (Å²) in [6.07, 6.45) is 0.808. The Hall–Kier alpha value is -1.36. The summed E-state index contributed by atoms with van der Waals surface area (Å²) in [7, 11) is 0. The van der Waals surface area contributed by atoms with Gasteiger partial charge in [0.2, 0.25) is 0 Å². The molecule has 0 spiro atoms. The predicted molar refractivity (Wildman–Crippen MR) is 58.9 cm³/mol. The maximum absolute atomic E-state index is 5.73. The van der Waals surface area contributed by atoms with Crippen LogP contribution >= 0.6 is 0 Å². The first kappa shape index (κ1) is 10.2. The molecule has 1 aromatic rings. The van der Waals surface area contributed by atoms with Crippen LogP contribution in [0, 0.1) is 0 Å². The van der Waals surface area contributed by atoms with Gasteiger partial charge in [0, 0.05) is 25.6 Å². The summed E-state index contributed by atoms with van der Waals surface area (Å²) in [5, 5.41) is 0. The number of hydrogen-bond donors (Lipinski definition) is 1. The van der Waals surface area contributed by atoms with Gasteiger partial charge >= 0.3 is 0 Å². The van der Waals surface area contributed by atoms with Gasteiger partial charge in [-0.2, -0.15) is 0 Å². The fourth-order valence-corrected chi connectivity index (χ4v) is 1.62. The molecule has 0 aromatic carbocycles. The Morgan fingerprint density at radius 2 is 2.13 bits per heavy atom. The Morgan fingerprint density at radius 1 is 1.40 bits per heavy atom. The highest BCUT2D eigenvalue weighted by Gasteiger charge is 2.13. The second-order valence-corrected chi connectivity index (χ2v) is 3.52. The number of nitrogens with zero attached hydrogens (tertiary/aromatic N) is 3. The third-order valence-electron chi connectivity index (χ3n) is 2.43. The molecule has 5 nitrogen and oxygen atoms in total. The maximum Gasteiger partial charge on any atom is 0.134 e. The predicted octanol–water partition coefficient (Wildman–Crippen LogP) is 0.458. The lowest BCUT2D eigenvalue weighted by molar-refractivity contribution is 0.122. The zero-order valence-electron chi connectivity index (χ0n) is 8.94. The highest BCUT2D eigenvalue weighted by Crippen LogP contribution is 2.15. The van der Waals surface area contributed by atoms with Gasteiger partial charge in [0.1, 0.15) is 17.5 Å². The van der Waals surface area contributed by atoms with Crippen LogP contribution in [-0.2, 0) is 11.2 Å². The van der Waals surface area contributed by atoms with E-state index in [1.807, 2.05) is 13.0 Å². The summed E-state index contributed by atoms with van der Waals surface area (Å²) < 4.78 is 5.29. The zero-order chi connectivity index (χ0) is 10.7. The lowest BCUT2D eigenvalue weighted by atomic mass is 10.3. The van der Waals surface area contributed by atoms with Gasteiger partial charge in [0.15, 0.2) is 0 Å². The molecule has 0 amide bonds. The van der Waals surface area contributed by atoms with Crippen molar-refractivity contribution in [3.8, 4) is 0 Å². The van der Waals surface area contributed by atoms with Crippen LogP contribution in [0.4, 0.5) is 11.6 Å². The number of nitrogen functional groups attached to an aromatic ring is 1. The van der Waals surface area contributed by atoms with Crippen LogP contribution in [0.5, 0.6) is 0 Å². The summed E-state index contributed by atoms with van der Waals surface area (Å²) >= 11 is 0. The second kappa shape index (κ2) is 4.44. The van der Waals surface area contributed by atoms with E-state index in [4.69, 9.17) is 10.5 Å². The number of hydrogen-bond acceptors (Lipinski definition) is 5. The lowest BCUT2D eigenvalue weighted by Crippen LogP contribution is -2.37. The van der Waals surface area contributed by atoms with Gasteiger partial charge in [-0.25, -0.2) is 9.97 Å². The van der Waals surface area contributed by atoms with Crippen molar-refractivity contribution in [2.75, 3.05) is 36.9 Å². The number of aromatic nitrogens is 2. The van der Waals surface area contributed by atoms with Crippen LogP contribution in [0.1, 0.15) is 12.7 Å². The first-order valence-corrected chi connectivity index (χ1v) is 5.25. The van der Waals surface area contributed by atoms with Gasteiger partial charge in [-0.3, -0.25) is 0 Å². The van der Waals surface area contributed by atoms with Gasteiger partial charge < -0.3 is 15.4 Å². The molecule has 0 unspecified atom stereocenters. The summed E-state index contributed by atoms with van der Waals surface area (Å²) in [5.74, 6) is 2.27. The van der Waals surface area contributed by atoms with Crippen LogP contribution in [0.15, 0.2) is 6.07 Å². The van der Waals surface area contributed by atoms with E-state index in [1.165, 1.54) is 0 Å². The molecule has 82 valence electrons. The molecule has 2 heterocycles. The van der Waals surface area contributed by atoms with Gasteiger partial charge in [-0.05, 0) is 0 Å². The first-order chi connectivity index (χ1) is 7.29. The van der Waals surface area contributed by atoms with Crippen LogP contribution in [0.2, 0.25) is 0 Å². The Morgan fingerprint density at radius 3 is 2.80 bits per heavy atom. The van der Waals surface area contributed by atoms with Crippen molar-refractivity contribution in [1.29, 1.82) is 0 Å². The summed E-state index contributed by atoms with van der Waals surface area (Å²) in [6.45, 7) is 5.29. The minimum Gasteiger partial charge on any atom is -0.384 e. The molecule has 1 aliphatic heterocycles. The molecule has 1 aromatic heterocycles. The lowest BCUT2D eigenvalue weighted by Gasteiger charge is -2.28. The summed E-state index contributed by atoms with van der Waals surface area (Å²) in [5.41, 5.74) is 5.73. The van der Waals surface area contributed by atoms with Crippen molar-refractivity contribution in [3.63, 3.8) is 0 Å². The average molecular weight is 208 g/mol. The van der Waals surface area contributed by atoms with Crippen molar-refractivity contribution in [2.24, 2.45) is 0 Å². The largest absolute Gasteiger partial charge is 0.384 e. The van der Waals surface area contributed by atoms with E-state index < -0.39 is 0 Å². The normalized spacial score (nSPS) is 16.7. The molecule has 2 rings (SSSR count). The number of rotatable bonds is 2. The number of aryl methyl sites for hydroxylation is 1. The van der Waals surface area contributed by atoms with Crippen LogP contribution in [0.25, 0.3) is 0 Å². The fourth-order valence-electron chi connectivity index (χ4n) is 1.62. The molecule has 0 saturated carbocycles. The highest BCUT2D eigenvalue weighted by atomic mass is 16.5. The first-order valence-electron chi connectivity index (χ1n) is 5.25. The van der Waals surface area contributed by atoms with E-state index in [9.17, 15) is 0 Å². The number of morpholine rings is 1. The number of nitrogens with two attached hydrogens (primary N) is 1. The van der Waals surface area contributed by atoms with E-state index in [0.717, 1.165) is 44.4 Å². The fraction of sp³-hybridized carbons (Fsp3) is 0.600. The molecule has 0 atom stereocenters. The molecule has 5 heteroatoms. The molecule has 1 aliphatic rings. The minimum absolute atomic E-state index is 0.545. The van der Waals surface area contributed by atoms with Crippen molar-refractivity contribution in [2.45, 2.75) is 13.3 Å². The van der Waals surface area contributed by atoms with Gasteiger partial charge in [-0.15, -0.1) is 0 Å². The summed E-state index contributed by atoms with van der Waals surface area (Å²) in [6, 6.07) is 1.82. The Kier molecular flexibility index (Phi) is 3.01. The molecule has 1 fully saturated rings. The van der Waals surface area contributed by atoms with Crippen LogP contribution in [0.3, 0.4) is 0 Å². The smallest absolute Gasteiger partial charge is 0.134 e. The average Bonchev–Trinajstić information content (AvgIpc) is 2.29. The topological polar surface area (TPSA) is 64.3 Å². The van der Waals surface area contributed by atoms with E-state index in [1.54, 1.807) is 0 Å². The zero-order valence-corrected chi connectivity index (χ0v) is 8.94. The minimum atomic E-state index is 0.545. The molecule has 0 radical (unpaired) electrons. The van der Waals surface area contributed by atoms with E-state index >= 15 is 0 Å². The maximum atomic E-state index is 5.73. The second-order valence-electron chi connectivity index (χ2n) is 3.52. The third kappa shape index (κ3) is 2.36. The Bertz CT molecular complexity index is 336. The molecule has 15 heavy (non-hydrogen) atoms. The van der Waals surface area contributed by atoms with Crippen LogP contribution in [-0.4, -0.2) is 36.3 Å². The third-order valence-corrected chi connectivity index (χ3v) is 2.43. The van der Waals surface area contributed by atoms with E-state index in [0.29, 0.717) is 5.82 Å². The van der Waals surface area contributed by atoms with Gasteiger partial charge in [-0.1, -0.05) is 6.92 Å². The molecule has 2 N–H and O–H groups in total. The molecule has 1 saturated heterocycles. The SMILES string of the molecule is CCc1nc(N)cc(N2CCOCC2)n1. The molecule has 0 bridgehead atoms. The van der Waals surface area contributed by atoms with Gasteiger partial charge in [0.25, 0.3) is 0 Å². The molecular formula is C10H16N4O. The van der Waals surface area contributed by atoms with Gasteiger partial charge in [0.05, 0.1) is 13.2 Å². The standard InChI is InChI=1S/C10H16N4O/c1-2-9-12-8(11)7-10(13-9)14-3-5-15-6-4-14/h7H,2-6H2,1H3,(H2,11,12,13). The quantitative estimate of drug-likeness (QED) is 0.764. The van der Waals surface area contributed by atoms with Crippen LogP contribution < -0.4 is 10.6 Å². The number of anilines is 2. The molecular weight excluding hydrogens is 192 g/mol.